The molecule has 1 aromatic heterocycles. The number of nitrogens with one attached hydrogen (secondary N) is 1. The lowest BCUT2D eigenvalue weighted by atomic mass is 10.3. The fourth-order valence-electron chi connectivity index (χ4n) is 2.06. The number of anilines is 2. The molecule has 3 N–H and O–H groups in total. The highest BCUT2D eigenvalue weighted by Gasteiger charge is 2.17. The highest BCUT2D eigenvalue weighted by molar-refractivity contribution is 5.77. The van der Waals surface area contributed by atoms with Crippen molar-refractivity contribution < 1.29 is 4.79 Å². The van der Waals surface area contributed by atoms with E-state index in [-0.39, 0.29) is 5.91 Å². The molecule has 17 heavy (non-hydrogen) atoms. The zero-order valence-corrected chi connectivity index (χ0v) is 10.1. The molecule has 0 radical (unpaired) electrons. The Kier molecular flexibility index (Phi) is 3.51. The van der Waals surface area contributed by atoms with Gasteiger partial charge in [-0.05, 0) is 12.8 Å². The molecule has 0 saturated carbocycles. The van der Waals surface area contributed by atoms with Gasteiger partial charge in [0.1, 0.15) is 0 Å². The third-order valence-corrected chi connectivity index (χ3v) is 2.95. The van der Waals surface area contributed by atoms with Crippen LogP contribution in [0.3, 0.4) is 0 Å². The van der Waals surface area contributed by atoms with Gasteiger partial charge in [0.05, 0.1) is 5.69 Å². The number of aromatic nitrogens is 2. The van der Waals surface area contributed by atoms with Crippen LogP contribution >= 0.6 is 0 Å². The Morgan fingerprint density at radius 3 is 2.82 bits per heavy atom. The Morgan fingerprint density at radius 2 is 2.24 bits per heavy atom. The summed E-state index contributed by atoms with van der Waals surface area (Å²) in [5.41, 5.74) is 6.35. The van der Waals surface area contributed by atoms with Gasteiger partial charge in [0.25, 0.3) is 0 Å². The van der Waals surface area contributed by atoms with Crippen molar-refractivity contribution in [2.24, 2.45) is 7.05 Å². The van der Waals surface area contributed by atoms with E-state index in [0.29, 0.717) is 24.5 Å². The maximum absolute atomic E-state index is 11.8. The molecule has 0 spiro atoms. The lowest BCUT2D eigenvalue weighted by Crippen LogP contribution is -2.29. The molecule has 6 heteroatoms. The number of amides is 1. The largest absolute Gasteiger partial charge is 0.394 e. The molecule has 0 aromatic carbocycles. The Labute approximate surface area is 101 Å². The lowest BCUT2D eigenvalue weighted by molar-refractivity contribution is -0.129. The summed E-state index contributed by atoms with van der Waals surface area (Å²) in [6.45, 7) is 2.39. The second-order valence-electron chi connectivity index (χ2n) is 4.37. The molecule has 0 atom stereocenters. The number of nitrogens with two attached hydrogens (primary N) is 1. The first-order valence-corrected chi connectivity index (χ1v) is 5.97. The molecular formula is C11H19N5O. The maximum atomic E-state index is 11.8. The first kappa shape index (κ1) is 11.8. The molecule has 0 unspecified atom stereocenters. The third kappa shape index (κ3) is 2.89. The first-order valence-electron chi connectivity index (χ1n) is 5.97. The summed E-state index contributed by atoms with van der Waals surface area (Å²) in [6.07, 6.45) is 4.50. The van der Waals surface area contributed by atoms with Gasteiger partial charge in [-0.3, -0.25) is 9.48 Å². The first-order chi connectivity index (χ1) is 8.16. The standard InChI is InChI=1S/C11H19N5O/c1-15-8-9(12)11(14-15)13-5-4-10(17)16-6-2-3-7-16/h8H,2-7,12H2,1H3,(H,13,14). The van der Waals surface area contributed by atoms with Crippen molar-refractivity contribution in [1.29, 1.82) is 0 Å². The van der Waals surface area contributed by atoms with E-state index in [0.717, 1.165) is 25.9 Å². The predicted octanol–water partition coefficient (Wildman–Crippen LogP) is 0.427. The summed E-state index contributed by atoms with van der Waals surface area (Å²) >= 11 is 0. The van der Waals surface area contributed by atoms with Crippen LogP contribution in [-0.4, -0.2) is 40.2 Å². The third-order valence-electron chi connectivity index (χ3n) is 2.95. The van der Waals surface area contributed by atoms with E-state index >= 15 is 0 Å². The molecule has 1 saturated heterocycles. The highest BCUT2D eigenvalue weighted by Crippen LogP contribution is 2.14. The Bertz CT molecular complexity index is 395. The minimum Gasteiger partial charge on any atom is -0.394 e. The van der Waals surface area contributed by atoms with Gasteiger partial charge in [0, 0.05) is 39.3 Å². The van der Waals surface area contributed by atoms with Gasteiger partial charge in [-0.2, -0.15) is 5.10 Å². The van der Waals surface area contributed by atoms with E-state index in [1.54, 1.807) is 10.9 Å². The number of nitrogens with zero attached hydrogens (tertiary/aromatic N) is 3. The number of carbonyl (C=O) groups excluding carboxylic acids is 1. The van der Waals surface area contributed by atoms with Crippen LogP contribution in [0.15, 0.2) is 6.20 Å². The molecule has 6 nitrogen and oxygen atoms in total. The summed E-state index contributed by atoms with van der Waals surface area (Å²) in [5, 5.41) is 7.24. The van der Waals surface area contributed by atoms with Crippen LogP contribution in [0.25, 0.3) is 0 Å². The molecule has 94 valence electrons. The van der Waals surface area contributed by atoms with Crippen LogP contribution in [0.1, 0.15) is 19.3 Å². The van der Waals surface area contributed by atoms with Crippen molar-refractivity contribution in [3.05, 3.63) is 6.20 Å². The summed E-state index contributed by atoms with van der Waals surface area (Å²) in [5.74, 6) is 0.867. The molecule has 1 aliphatic rings. The van der Waals surface area contributed by atoms with Crippen molar-refractivity contribution in [1.82, 2.24) is 14.7 Å². The number of hydrogen-bond donors (Lipinski definition) is 2. The van der Waals surface area contributed by atoms with Gasteiger partial charge < -0.3 is 16.0 Å². The summed E-state index contributed by atoms with van der Waals surface area (Å²) < 4.78 is 1.65. The van der Waals surface area contributed by atoms with Crippen LogP contribution < -0.4 is 11.1 Å². The number of likely N-dealkylation sites (tertiary alicyclic amines) is 1. The average molecular weight is 237 g/mol. The van der Waals surface area contributed by atoms with E-state index in [9.17, 15) is 4.79 Å². The monoisotopic (exact) mass is 237 g/mol. The van der Waals surface area contributed by atoms with Gasteiger partial charge in [-0.1, -0.05) is 0 Å². The molecule has 2 rings (SSSR count). The van der Waals surface area contributed by atoms with Crippen molar-refractivity contribution in [2.75, 3.05) is 30.7 Å². The molecule has 1 aliphatic heterocycles. The smallest absolute Gasteiger partial charge is 0.224 e. The van der Waals surface area contributed by atoms with E-state index in [2.05, 4.69) is 10.4 Å². The Hall–Kier alpha value is -1.72. The van der Waals surface area contributed by atoms with Crippen LogP contribution in [0.4, 0.5) is 11.5 Å². The molecule has 2 heterocycles. The SMILES string of the molecule is Cn1cc(N)c(NCCC(=O)N2CCCC2)n1. The average Bonchev–Trinajstić information content (AvgIpc) is 2.89. The van der Waals surface area contributed by atoms with E-state index in [1.165, 1.54) is 0 Å². The van der Waals surface area contributed by atoms with E-state index in [1.807, 2.05) is 11.9 Å². The van der Waals surface area contributed by atoms with Crippen LogP contribution in [0.2, 0.25) is 0 Å². The number of nitrogen functional groups attached to an aromatic ring is 1. The fraction of sp³-hybridized carbons (Fsp3) is 0.636. The van der Waals surface area contributed by atoms with Gasteiger partial charge >= 0.3 is 0 Å². The molecule has 1 aromatic rings. The van der Waals surface area contributed by atoms with Gasteiger partial charge in [0.2, 0.25) is 5.91 Å². The van der Waals surface area contributed by atoms with E-state index < -0.39 is 0 Å². The summed E-state index contributed by atoms with van der Waals surface area (Å²) in [4.78, 5) is 13.7. The maximum Gasteiger partial charge on any atom is 0.224 e. The van der Waals surface area contributed by atoms with Gasteiger partial charge in [-0.15, -0.1) is 0 Å². The normalized spacial score (nSPS) is 15.2. The Balaban J connectivity index is 1.75. The zero-order chi connectivity index (χ0) is 12.3. The van der Waals surface area contributed by atoms with E-state index in [4.69, 9.17) is 5.73 Å². The minimum atomic E-state index is 0.213. The number of carbonyl (C=O) groups is 1. The molecule has 1 fully saturated rings. The predicted molar refractivity (Wildman–Crippen MR) is 66.5 cm³/mol. The van der Waals surface area contributed by atoms with Gasteiger partial charge in [-0.25, -0.2) is 0 Å². The van der Waals surface area contributed by atoms with Gasteiger partial charge in [0.15, 0.2) is 5.82 Å². The Morgan fingerprint density at radius 1 is 1.53 bits per heavy atom. The number of aryl methyl sites for hydroxylation is 1. The van der Waals surface area contributed by atoms with Crippen LogP contribution in [0, 0.1) is 0 Å². The van der Waals surface area contributed by atoms with Crippen molar-refractivity contribution in [3.8, 4) is 0 Å². The number of rotatable bonds is 4. The minimum absolute atomic E-state index is 0.213. The zero-order valence-electron chi connectivity index (χ0n) is 10.1. The van der Waals surface area contributed by atoms with Crippen molar-refractivity contribution >= 4 is 17.4 Å². The van der Waals surface area contributed by atoms with Crippen LogP contribution in [-0.2, 0) is 11.8 Å². The summed E-state index contributed by atoms with van der Waals surface area (Å²) in [7, 11) is 1.82. The second kappa shape index (κ2) is 5.07. The highest BCUT2D eigenvalue weighted by atomic mass is 16.2. The molecular weight excluding hydrogens is 218 g/mol. The topological polar surface area (TPSA) is 76.2 Å². The van der Waals surface area contributed by atoms with Crippen molar-refractivity contribution in [2.45, 2.75) is 19.3 Å². The molecule has 1 amide bonds. The summed E-state index contributed by atoms with van der Waals surface area (Å²) in [6, 6.07) is 0. The molecule has 0 aliphatic carbocycles. The van der Waals surface area contributed by atoms with Crippen molar-refractivity contribution in [3.63, 3.8) is 0 Å². The quantitative estimate of drug-likeness (QED) is 0.796. The van der Waals surface area contributed by atoms with Crippen LogP contribution in [0.5, 0.6) is 0 Å². The fourth-order valence-corrected chi connectivity index (χ4v) is 2.06. The molecule has 0 bridgehead atoms. The second-order valence-corrected chi connectivity index (χ2v) is 4.37. The number of hydrogen-bond acceptors (Lipinski definition) is 4. The lowest BCUT2D eigenvalue weighted by Gasteiger charge is -2.15.